The second-order valence-electron chi connectivity index (χ2n) is 5.30. The minimum absolute atomic E-state index is 0.301. The molecule has 1 aliphatic heterocycles. The van der Waals surface area contributed by atoms with Gasteiger partial charge in [-0.15, -0.1) is 0 Å². The van der Waals surface area contributed by atoms with Crippen LogP contribution in [0, 0.1) is 0 Å². The van der Waals surface area contributed by atoms with Gasteiger partial charge in [0.15, 0.2) is 11.5 Å². The molecule has 0 atom stereocenters. The number of H-pyrrole nitrogens is 1. The molecular weight excluding hydrogens is 292 g/mol. The summed E-state index contributed by atoms with van der Waals surface area (Å²) in [5.74, 6) is 1.62. The van der Waals surface area contributed by atoms with Crippen molar-refractivity contribution in [2.75, 3.05) is 6.79 Å². The van der Waals surface area contributed by atoms with Crippen LogP contribution in [0.4, 0.5) is 0 Å². The summed E-state index contributed by atoms with van der Waals surface area (Å²) in [6.07, 6.45) is 5.43. The van der Waals surface area contributed by atoms with Gasteiger partial charge >= 0.3 is 0 Å². The van der Waals surface area contributed by atoms with Crippen LogP contribution in [0.25, 0.3) is 11.3 Å². The average Bonchev–Trinajstić information content (AvgIpc) is 3.24. The van der Waals surface area contributed by atoms with Crippen molar-refractivity contribution in [3.8, 4) is 22.8 Å². The number of aromatic nitrogens is 3. The van der Waals surface area contributed by atoms with Crippen molar-refractivity contribution in [3.05, 3.63) is 60.0 Å². The SMILES string of the molecule is c1cncc(-c2[nH]ncc2CNCc2ccc3c(c2)OCO3)c1. The number of aromatic amines is 1. The Hall–Kier alpha value is -2.86. The van der Waals surface area contributed by atoms with Gasteiger partial charge in [-0.2, -0.15) is 5.10 Å². The number of nitrogens with zero attached hydrogens (tertiary/aromatic N) is 2. The monoisotopic (exact) mass is 308 g/mol. The Morgan fingerprint density at radius 3 is 2.96 bits per heavy atom. The molecule has 116 valence electrons. The second kappa shape index (κ2) is 6.10. The first-order valence-electron chi connectivity index (χ1n) is 7.42. The Balaban J connectivity index is 1.41. The molecule has 4 rings (SSSR count). The number of rotatable bonds is 5. The molecule has 3 aromatic rings. The third kappa shape index (κ3) is 2.89. The minimum atomic E-state index is 0.301. The van der Waals surface area contributed by atoms with Crippen LogP contribution in [0.3, 0.4) is 0 Å². The lowest BCUT2D eigenvalue weighted by atomic mass is 10.1. The number of ether oxygens (including phenoxy) is 2. The van der Waals surface area contributed by atoms with E-state index in [-0.39, 0.29) is 0 Å². The Morgan fingerprint density at radius 1 is 1.09 bits per heavy atom. The van der Waals surface area contributed by atoms with E-state index < -0.39 is 0 Å². The van der Waals surface area contributed by atoms with Crippen LogP contribution in [0.5, 0.6) is 11.5 Å². The predicted octanol–water partition coefficient (Wildman–Crippen LogP) is 2.49. The Kier molecular flexibility index (Phi) is 3.65. The number of benzene rings is 1. The molecular formula is C17H16N4O2. The second-order valence-corrected chi connectivity index (χ2v) is 5.30. The standard InChI is InChI=1S/C17H16N4O2/c1-2-13(8-18-5-1)17-14(10-20-21-17)9-19-7-12-3-4-15-16(6-12)23-11-22-15/h1-6,8,10,19H,7,9,11H2,(H,20,21). The third-order valence-corrected chi connectivity index (χ3v) is 3.75. The van der Waals surface area contributed by atoms with Gasteiger partial charge in [-0.3, -0.25) is 10.1 Å². The van der Waals surface area contributed by atoms with Gasteiger partial charge in [-0.05, 0) is 29.8 Å². The fraction of sp³-hybridized carbons (Fsp3) is 0.176. The summed E-state index contributed by atoms with van der Waals surface area (Å²) in [5, 5.41) is 10.6. The highest BCUT2D eigenvalue weighted by molar-refractivity contribution is 5.61. The largest absolute Gasteiger partial charge is 0.454 e. The molecule has 2 N–H and O–H groups in total. The molecule has 6 nitrogen and oxygen atoms in total. The Morgan fingerprint density at radius 2 is 2.04 bits per heavy atom. The van der Waals surface area contributed by atoms with Crippen LogP contribution in [-0.4, -0.2) is 22.0 Å². The zero-order chi connectivity index (χ0) is 15.5. The van der Waals surface area contributed by atoms with Crippen molar-refractivity contribution in [1.29, 1.82) is 0 Å². The zero-order valence-electron chi connectivity index (χ0n) is 12.5. The summed E-state index contributed by atoms with van der Waals surface area (Å²) in [7, 11) is 0. The van der Waals surface area contributed by atoms with Gasteiger partial charge in [0, 0.05) is 36.6 Å². The van der Waals surface area contributed by atoms with Gasteiger partial charge in [0.25, 0.3) is 0 Å². The Bertz CT molecular complexity index is 801. The molecule has 0 radical (unpaired) electrons. The van der Waals surface area contributed by atoms with E-state index in [0.717, 1.165) is 47.0 Å². The van der Waals surface area contributed by atoms with Crippen LogP contribution in [0.2, 0.25) is 0 Å². The molecule has 0 aliphatic carbocycles. The number of nitrogens with one attached hydrogen (secondary N) is 2. The van der Waals surface area contributed by atoms with E-state index in [1.165, 1.54) is 0 Å². The molecule has 6 heteroatoms. The topological polar surface area (TPSA) is 72.1 Å². The molecule has 0 bridgehead atoms. The fourth-order valence-electron chi connectivity index (χ4n) is 2.60. The van der Waals surface area contributed by atoms with E-state index in [4.69, 9.17) is 9.47 Å². The first-order valence-corrected chi connectivity index (χ1v) is 7.42. The summed E-state index contributed by atoms with van der Waals surface area (Å²) in [6, 6.07) is 9.92. The highest BCUT2D eigenvalue weighted by atomic mass is 16.7. The number of hydrogen-bond donors (Lipinski definition) is 2. The summed E-state index contributed by atoms with van der Waals surface area (Å²) < 4.78 is 10.7. The van der Waals surface area contributed by atoms with Gasteiger partial charge in [0.1, 0.15) is 0 Å². The van der Waals surface area contributed by atoms with Gasteiger partial charge in [-0.25, -0.2) is 0 Å². The van der Waals surface area contributed by atoms with Crippen LogP contribution >= 0.6 is 0 Å². The molecule has 3 heterocycles. The van der Waals surface area contributed by atoms with Gasteiger partial charge < -0.3 is 14.8 Å². The smallest absolute Gasteiger partial charge is 0.231 e. The number of hydrogen-bond acceptors (Lipinski definition) is 5. The Labute approximate surface area is 133 Å². The maximum atomic E-state index is 5.40. The number of fused-ring (bicyclic) bond motifs is 1. The zero-order valence-corrected chi connectivity index (χ0v) is 12.5. The average molecular weight is 308 g/mol. The van der Waals surface area contributed by atoms with E-state index in [1.54, 1.807) is 6.20 Å². The van der Waals surface area contributed by atoms with E-state index in [2.05, 4.69) is 20.5 Å². The molecule has 0 amide bonds. The van der Waals surface area contributed by atoms with E-state index in [9.17, 15) is 0 Å². The highest BCUT2D eigenvalue weighted by Crippen LogP contribution is 2.32. The summed E-state index contributed by atoms with van der Waals surface area (Å²) >= 11 is 0. The van der Waals surface area contributed by atoms with E-state index >= 15 is 0 Å². The molecule has 0 spiro atoms. The maximum Gasteiger partial charge on any atom is 0.231 e. The first kappa shape index (κ1) is 13.8. The molecule has 0 unspecified atom stereocenters. The van der Waals surface area contributed by atoms with Crippen LogP contribution in [-0.2, 0) is 13.1 Å². The van der Waals surface area contributed by atoms with Gasteiger partial charge in [0.2, 0.25) is 6.79 Å². The van der Waals surface area contributed by atoms with Crippen molar-refractivity contribution in [2.45, 2.75) is 13.1 Å². The van der Waals surface area contributed by atoms with E-state index in [1.807, 2.05) is 42.7 Å². The lowest BCUT2D eigenvalue weighted by molar-refractivity contribution is 0.174. The third-order valence-electron chi connectivity index (χ3n) is 3.75. The molecule has 23 heavy (non-hydrogen) atoms. The molecule has 0 saturated heterocycles. The van der Waals surface area contributed by atoms with Crippen LogP contribution < -0.4 is 14.8 Å². The van der Waals surface area contributed by atoms with Crippen molar-refractivity contribution in [3.63, 3.8) is 0 Å². The molecule has 2 aromatic heterocycles. The predicted molar refractivity (Wildman–Crippen MR) is 84.9 cm³/mol. The quantitative estimate of drug-likeness (QED) is 0.757. The lowest BCUT2D eigenvalue weighted by Gasteiger charge is -2.07. The van der Waals surface area contributed by atoms with E-state index in [0.29, 0.717) is 6.79 Å². The first-order chi connectivity index (χ1) is 11.4. The maximum absolute atomic E-state index is 5.40. The normalized spacial score (nSPS) is 12.5. The van der Waals surface area contributed by atoms with Crippen LogP contribution in [0.15, 0.2) is 48.9 Å². The minimum Gasteiger partial charge on any atom is -0.454 e. The van der Waals surface area contributed by atoms with Crippen molar-refractivity contribution in [2.24, 2.45) is 0 Å². The molecule has 1 aromatic carbocycles. The fourth-order valence-corrected chi connectivity index (χ4v) is 2.60. The summed E-state index contributed by atoms with van der Waals surface area (Å²) in [6.45, 7) is 1.76. The molecule has 0 saturated carbocycles. The van der Waals surface area contributed by atoms with Crippen LogP contribution in [0.1, 0.15) is 11.1 Å². The summed E-state index contributed by atoms with van der Waals surface area (Å²) in [5.41, 5.74) is 4.29. The lowest BCUT2D eigenvalue weighted by Crippen LogP contribution is -2.12. The van der Waals surface area contributed by atoms with Crippen molar-refractivity contribution in [1.82, 2.24) is 20.5 Å². The summed E-state index contributed by atoms with van der Waals surface area (Å²) in [4.78, 5) is 4.15. The van der Waals surface area contributed by atoms with Gasteiger partial charge in [0.05, 0.1) is 11.9 Å². The highest BCUT2D eigenvalue weighted by Gasteiger charge is 2.13. The molecule has 0 fully saturated rings. The van der Waals surface area contributed by atoms with Gasteiger partial charge in [-0.1, -0.05) is 6.07 Å². The van der Waals surface area contributed by atoms with Crippen molar-refractivity contribution < 1.29 is 9.47 Å². The molecule has 1 aliphatic rings. The van der Waals surface area contributed by atoms with Crippen molar-refractivity contribution >= 4 is 0 Å². The number of pyridine rings is 1.